The molecule has 0 aliphatic heterocycles. The van der Waals surface area contributed by atoms with Crippen molar-refractivity contribution in [3.05, 3.63) is 34.8 Å². The summed E-state index contributed by atoms with van der Waals surface area (Å²) >= 11 is 5.57. The molecule has 0 amide bonds. The topological polar surface area (TPSA) is 34.7 Å². The van der Waals surface area contributed by atoms with Gasteiger partial charge in [-0.1, -0.05) is 23.7 Å². The van der Waals surface area contributed by atoms with Crippen molar-refractivity contribution in [3.63, 3.8) is 0 Å². The summed E-state index contributed by atoms with van der Waals surface area (Å²) in [6, 6.07) is 6.82. The summed E-state index contributed by atoms with van der Waals surface area (Å²) in [5.41, 5.74) is 8.66. The minimum Gasteiger partial charge on any atom is -0.706 e. The highest BCUT2D eigenvalue weighted by Gasteiger charge is 1.88. The van der Waals surface area contributed by atoms with E-state index in [0.717, 1.165) is 0 Å². The molecule has 0 spiro atoms. The Bertz CT molecular complexity index is 222. The molecule has 0 aliphatic rings. The maximum absolute atomic E-state index is 8.26. The van der Waals surface area contributed by atoms with Crippen molar-refractivity contribution in [2.24, 2.45) is 5.11 Å². The van der Waals surface area contributed by atoms with E-state index in [1.165, 1.54) is 0 Å². The molecule has 46 valence electrons. The summed E-state index contributed by atoms with van der Waals surface area (Å²) in [7, 11) is 0. The lowest BCUT2D eigenvalue weighted by Crippen LogP contribution is -1.62. The Morgan fingerprint density at radius 2 is 2.00 bits per heavy atom. The highest BCUT2D eigenvalue weighted by Crippen LogP contribution is 2.22. The summed E-state index contributed by atoms with van der Waals surface area (Å²) in [5, 5.41) is 3.40. The van der Waals surface area contributed by atoms with Crippen LogP contribution in [0.3, 0.4) is 0 Å². The van der Waals surface area contributed by atoms with Crippen LogP contribution in [0.25, 0.3) is 5.53 Å². The maximum atomic E-state index is 8.26. The minimum atomic E-state index is 0.402. The first kappa shape index (κ1) is 6.23. The van der Waals surface area contributed by atoms with Crippen LogP contribution in [0.5, 0.6) is 0 Å². The Hall–Kier alpha value is -0.890. The van der Waals surface area contributed by atoms with Gasteiger partial charge in [0.15, 0.2) is 0 Å². The number of benzene rings is 1. The predicted molar refractivity (Wildman–Crippen MR) is 36.9 cm³/mol. The highest BCUT2D eigenvalue weighted by molar-refractivity contribution is 6.32. The molecule has 1 aromatic carbocycles. The molecule has 0 aromatic heterocycles. The Labute approximate surface area is 58.0 Å². The lowest BCUT2D eigenvalue weighted by Gasteiger charge is -1.96. The fourth-order valence-electron chi connectivity index (χ4n) is 0.533. The molecule has 0 bridgehead atoms. The highest BCUT2D eigenvalue weighted by atomic mass is 35.5. The van der Waals surface area contributed by atoms with Gasteiger partial charge >= 0.3 is 0 Å². The van der Waals surface area contributed by atoms with Crippen LogP contribution in [-0.4, -0.2) is 0 Å². The first-order valence-electron chi connectivity index (χ1n) is 2.44. The van der Waals surface area contributed by atoms with Crippen molar-refractivity contribution in [1.29, 1.82) is 0 Å². The molecule has 0 saturated carbocycles. The first-order chi connectivity index (χ1) is 4.34. The smallest absolute Gasteiger partial charge is 0.0644 e. The van der Waals surface area contributed by atoms with E-state index in [0.29, 0.717) is 10.7 Å². The van der Waals surface area contributed by atoms with Gasteiger partial charge < -0.3 is 10.6 Å². The first-order valence-corrected chi connectivity index (χ1v) is 2.82. The molecule has 1 aromatic rings. The van der Waals surface area contributed by atoms with Crippen molar-refractivity contribution in [1.82, 2.24) is 0 Å². The Balaban J connectivity index is 3.15. The van der Waals surface area contributed by atoms with E-state index in [2.05, 4.69) is 5.11 Å². The standard InChI is InChI=1S/C6H4ClN2/c7-5-3-1-2-4-6(5)9-8/h1-4H/q-1. The van der Waals surface area contributed by atoms with E-state index in [4.69, 9.17) is 17.1 Å². The maximum Gasteiger partial charge on any atom is 0.0644 e. The van der Waals surface area contributed by atoms with Gasteiger partial charge in [-0.25, -0.2) is 0 Å². The van der Waals surface area contributed by atoms with Crippen LogP contribution in [0.15, 0.2) is 29.4 Å². The molecular formula is C6H4ClN2-. The van der Waals surface area contributed by atoms with E-state index in [-0.39, 0.29) is 0 Å². The van der Waals surface area contributed by atoms with Crippen molar-refractivity contribution in [3.8, 4) is 0 Å². The fraction of sp³-hybridized carbons (Fsp3) is 0. The summed E-state index contributed by atoms with van der Waals surface area (Å²) in [6.45, 7) is 0. The third kappa shape index (κ3) is 1.27. The molecule has 0 atom stereocenters. The second kappa shape index (κ2) is 2.60. The van der Waals surface area contributed by atoms with Gasteiger partial charge in [-0.2, -0.15) is 0 Å². The summed E-state index contributed by atoms with van der Waals surface area (Å²) < 4.78 is 0. The number of hydrogen-bond donors (Lipinski definition) is 0. The average Bonchev–Trinajstić information content (AvgIpc) is 1.89. The van der Waals surface area contributed by atoms with Crippen molar-refractivity contribution >= 4 is 17.3 Å². The second-order valence-corrected chi connectivity index (χ2v) is 1.96. The van der Waals surface area contributed by atoms with Crippen molar-refractivity contribution in [2.75, 3.05) is 0 Å². The number of nitrogens with zero attached hydrogens (tertiary/aromatic N) is 2. The zero-order chi connectivity index (χ0) is 6.69. The molecular weight excluding hydrogens is 136 g/mol. The van der Waals surface area contributed by atoms with Gasteiger partial charge in [-0.15, -0.1) is 0 Å². The summed E-state index contributed by atoms with van der Waals surface area (Å²) in [6.07, 6.45) is 0. The van der Waals surface area contributed by atoms with Gasteiger partial charge in [0.2, 0.25) is 0 Å². The van der Waals surface area contributed by atoms with E-state index in [1.807, 2.05) is 0 Å². The second-order valence-electron chi connectivity index (χ2n) is 1.55. The molecule has 0 heterocycles. The van der Waals surface area contributed by atoms with Crippen LogP contribution in [0.1, 0.15) is 0 Å². The molecule has 3 heteroatoms. The van der Waals surface area contributed by atoms with Crippen molar-refractivity contribution in [2.45, 2.75) is 0 Å². The summed E-state index contributed by atoms with van der Waals surface area (Å²) in [4.78, 5) is 0. The van der Waals surface area contributed by atoms with Crippen LogP contribution in [-0.2, 0) is 0 Å². The third-order valence-corrected chi connectivity index (χ3v) is 1.28. The lowest BCUT2D eigenvalue weighted by molar-refractivity contribution is 1.50. The quantitative estimate of drug-likeness (QED) is 0.536. The van der Waals surface area contributed by atoms with Gasteiger partial charge in [-0.05, 0) is 12.1 Å². The monoisotopic (exact) mass is 139 g/mol. The Morgan fingerprint density at radius 1 is 1.33 bits per heavy atom. The van der Waals surface area contributed by atoms with Gasteiger partial charge in [-0.3, -0.25) is 0 Å². The van der Waals surface area contributed by atoms with Crippen molar-refractivity contribution < 1.29 is 0 Å². The van der Waals surface area contributed by atoms with Crippen LogP contribution < -0.4 is 0 Å². The largest absolute Gasteiger partial charge is 0.706 e. The molecule has 0 saturated heterocycles. The van der Waals surface area contributed by atoms with E-state index in [9.17, 15) is 0 Å². The zero-order valence-corrected chi connectivity index (χ0v) is 5.34. The van der Waals surface area contributed by atoms with E-state index >= 15 is 0 Å². The lowest BCUT2D eigenvalue weighted by atomic mass is 10.3. The fourth-order valence-corrected chi connectivity index (χ4v) is 0.706. The SMILES string of the molecule is [N-]=Nc1ccccc1Cl. The van der Waals surface area contributed by atoms with Gasteiger partial charge in [0.25, 0.3) is 0 Å². The molecule has 1 rings (SSSR count). The molecule has 0 radical (unpaired) electrons. The zero-order valence-electron chi connectivity index (χ0n) is 4.58. The molecule has 0 N–H and O–H groups in total. The van der Waals surface area contributed by atoms with Crippen LogP contribution in [0.2, 0.25) is 5.02 Å². The third-order valence-electron chi connectivity index (χ3n) is 0.960. The number of rotatable bonds is 1. The molecule has 2 nitrogen and oxygen atoms in total. The van der Waals surface area contributed by atoms with Gasteiger partial charge in [0.1, 0.15) is 0 Å². The van der Waals surface area contributed by atoms with Crippen LogP contribution >= 0.6 is 11.6 Å². The molecule has 9 heavy (non-hydrogen) atoms. The molecule has 0 fully saturated rings. The van der Waals surface area contributed by atoms with E-state index in [1.54, 1.807) is 24.3 Å². The van der Waals surface area contributed by atoms with E-state index < -0.39 is 0 Å². The predicted octanol–water partition coefficient (Wildman–Crippen LogP) is 2.99. The Kier molecular flexibility index (Phi) is 1.80. The Morgan fingerprint density at radius 3 is 2.44 bits per heavy atom. The minimum absolute atomic E-state index is 0.402. The van der Waals surface area contributed by atoms with Crippen LogP contribution in [0, 0.1) is 0 Å². The summed E-state index contributed by atoms with van der Waals surface area (Å²) in [5.74, 6) is 0. The van der Waals surface area contributed by atoms with Gasteiger partial charge in [0.05, 0.1) is 10.7 Å². The normalized spacial score (nSPS) is 9.00. The number of halogens is 1. The molecule has 0 aliphatic carbocycles. The number of hydrogen-bond acceptors (Lipinski definition) is 1. The van der Waals surface area contributed by atoms with Crippen LogP contribution in [0.4, 0.5) is 5.69 Å². The average molecular weight is 140 g/mol. The molecule has 0 unspecified atom stereocenters. The van der Waals surface area contributed by atoms with Gasteiger partial charge in [0, 0.05) is 0 Å².